The summed E-state index contributed by atoms with van der Waals surface area (Å²) in [6.07, 6.45) is 0. The van der Waals surface area contributed by atoms with Crippen molar-refractivity contribution in [3.63, 3.8) is 0 Å². The molecular formula is C13H20N2O3. The van der Waals surface area contributed by atoms with Crippen LogP contribution in [-0.4, -0.2) is 32.7 Å². The van der Waals surface area contributed by atoms with Crippen LogP contribution in [0, 0.1) is 0 Å². The van der Waals surface area contributed by atoms with Crippen LogP contribution in [0.2, 0.25) is 0 Å². The molecule has 2 N–H and O–H groups in total. The number of nitrogens with one attached hydrogen (secondary N) is 2. The van der Waals surface area contributed by atoms with Crippen LogP contribution in [0.4, 0.5) is 5.69 Å². The second kappa shape index (κ2) is 6.74. The summed E-state index contributed by atoms with van der Waals surface area (Å²) >= 11 is 0. The number of methoxy groups -OCH3 is 2. The Morgan fingerprint density at radius 2 is 1.72 bits per heavy atom. The van der Waals surface area contributed by atoms with Gasteiger partial charge in [0.15, 0.2) is 0 Å². The number of hydrogen-bond donors (Lipinski definition) is 2. The molecular weight excluding hydrogens is 232 g/mol. The van der Waals surface area contributed by atoms with E-state index in [0.717, 1.165) is 5.69 Å². The number of ether oxygens (including phenoxy) is 2. The number of hydrogen-bond acceptors (Lipinski definition) is 4. The SMILES string of the molecule is COc1cc(NCC(=O)NC(C)C)cc(OC)c1. The molecule has 0 aliphatic rings. The van der Waals surface area contributed by atoms with Gasteiger partial charge in [-0.1, -0.05) is 0 Å². The predicted octanol–water partition coefficient (Wildman–Crippen LogP) is 1.64. The van der Waals surface area contributed by atoms with Gasteiger partial charge in [-0.15, -0.1) is 0 Å². The zero-order valence-electron chi connectivity index (χ0n) is 11.2. The van der Waals surface area contributed by atoms with Crippen molar-refractivity contribution < 1.29 is 14.3 Å². The maximum atomic E-state index is 11.5. The summed E-state index contributed by atoms with van der Waals surface area (Å²) in [5.74, 6) is 1.31. The fourth-order valence-electron chi connectivity index (χ4n) is 1.46. The van der Waals surface area contributed by atoms with Crippen molar-refractivity contribution in [3.05, 3.63) is 18.2 Å². The van der Waals surface area contributed by atoms with Gasteiger partial charge in [0.2, 0.25) is 5.91 Å². The zero-order valence-corrected chi connectivity index (χ0v) is 11.2. The number of carbonyl (C=O) groups excluding carboxylic acids is 1. The fraction of sp³-hybridized carbons (Fsp3) is 0.462. The highest BCUT2D eigenvalue weighted by molar-refractivity contribution is 5.81. The molecule has 0 fully saturated rings. The third-order valence-corrected chi connectivity index (χ3v) is 2.25. The molecule has 1 aromatic carbocycles. The molecule has 0 saturated heterocycles. The monoisotopic (exact) mass is 252 g/mol. The number of benzene rings is 1. The Hall–Kier alpha value is -1.91. The van der Waals surface area contributed by atoms with Gasteiger partial charge in [-0.3, -0.25) is 4.79 Å². The Labute approximate surface area is 107 Å². The van der Waals surface area contributed by atoms with Crippen molar-refractivity contribution in [1.29, 1.82) is 0 Å². The second-order valence-corrected chi connectivity index (χ2v) is 4.18. The fourth-order valence-corrected chi connectivity index (χ4v) is 1.46. The van der Waals surface area contributed by atoms with Crippen LogP contribution in [0.5, 0.6) is 11.5 Å². The van der Waals surface area contributed by atoms with Crippen LogP contribution in [0.3, 0.4) is 0 Å². The Kier molecular flexibility index (Phi) is 5.30. The second-order valence-electron chi connectivity index (χ2n) is 4.18. The van der Waals surface area contributed by atoms with E-state index in [2.05, 4.69) is 10.6 Å². The first-order valence-electron chi connectivity index (χ1n) is 5.81. The minimum Gasteiger partial charge on any atom is -0.497 e. The quantitative estimate of drug-likeness (QED) is 0.808. The molecule has 18 heavy (non-hydrogen) atoms. The molecule has 0 atom stereocenters. The molecule has 0 aliphatic carbocycles. The van der Waals surface area contributed by atoms with Gasteiger partial charge >= 0.3 is 0 Å². The standard InChI is InChI=1S/C13H20N2O3/c1-9(2)15-13(16)8-14-10-5-11(17-3)7-12(6-10)18-4/h5-7,9,14H,8H2,1-4H3,(H,15,16). The molecule has 1 amide bonds. The Balaban J connectivity index is 2.63. The van der Waals surface area contributed by atoms with Gasteiger partial charge < -0.3 is 20.1 Å². The maximum absolute atomic E-state index is 11.5. The van der Waals surface area contributed by atoms with Gasteiger partial charge in [0.1, 0.15) is 11.5 Å². The van der Waals surface area contributed by atoms with Crippen LogP contribution in [0.15, 0.2) is 18.2 Å². The molecule has 0 saturated carbocycles. The van der Waals surface area contributed by atoms with E-state index in [4.69, 9.17) is 9.47 Å². The molecule has 5 nitrogen and oxygen atoms in total. The van der Waals surface area contributed by atoms with E-state index in [1.54, 1.807) is 20.3 Å². The van der Waals surface area contributed by atoms with Gasteiger partial charge in [-0.2, -0.15) is 0 Å². The summed E-state index contributed by atoms with van der Waals surface area (Å²) < 4.78 is 10.3. The lowest BCUT2D eigenvalue weighted by molar-refractivity contribution is -0.119. The van der Waals surface area contributed by atoms with E-state index >= 15 is 0 Å². The van der Waals surface area contributed by atoms with Crippen molar-refractivity contribution in [2.45, 2.75) is 19.9 Å². The van der Waals surface area contributed by atoms with Crippen molar-refractivity contribution in [1.82, 2.24) is 5.32 Å². The third-order valence-electron chi connectivity index (χ3n) is 2.25. The lowest BCUT2D eigenvalue weighted by Gasteiger charge is -2.12. The lowest BCUT2D eigenvalue weighted by atomic mass is 10.2. The minimum absolute atomic E-state index is 0.0493. The number of anilines is 1. The summed E-state index contributed by atoms with van der Waals surface area (Å²) in [6, 6.07) is 5.54. The minimum atomic E-state index is -0.0493. The van der Waals surface area contributed by atoms with E-state index in [1.807, 2.05) is 26.0 Å². The summed E-state index contributed by atoms with van der Waals surface area (Å²) in [5, 5.41) is 5.83. The molecule has 1 rings (SSSR count). The van der Waals surface area contributed by atoms with Crippen molar-refractivity contribution in [2.24, 2.45) is 0 Å². The van der Waals surface area contributed by atoms with Gasteiger partial charge in [0.25, 0.3) is 0 Å². The zero-order chi connectivity index (χ0) is 13.5. The molecule has 0 spiro atoms. The van der Waals surface area contributed by atoms with Gasteiger partial charge in [-0.05, 0) is 13.8 Å². The average molecular weight is 252 g/mol. The highest BCUT2D eigenvalue weighted by Gasteiger charge is 2.05. The largest absolute Gasteiger partial charge is 0.497 e. The van der Waals surface area contributed by atoms with Gasteiger partial charge in [0, 0.05) is 29.9 Å². The molecule has 0 bridgehead atoms. The van der Waals surface area contributed by atoms with E-state index in [1.165, 1.54) is 0 Å². The Morgan fingerprint density at radius 3 is 2.17 bits per heavy atom. The summed E-state index contributed by atoms with van der Waals surface area (Å²) in [4.78, 5) is 11.5. The highest BCUT2D eigenvalue weighted by atomic mass is 16.5. The van der Waals surface area contributed by atoms with Gasteiger partial charge in [0.05, 0.1) is 20.8 Å². The molecule has 0 heterocycles. The maximum Gasteiger partial charge on any atom is 0.239 e. The normalized spacial score (nSPS) is 10.1. The Morgan fingerprint density at radius 1 is 1.17 bits per heavy atom. The van der Waals surface area contributed by atoms with Gasteiger partial charge in [-0.25, -0.2) is 0 Å². The number of rotatable bonds is 6. The topological polar surface area (TPSA) is 59.6 Å². The first-order chi connectivity index (χ1) is 8.55. The lowest BCUT2D eigenvalue weighted by Crippen LogP contribution is -2.34. The van der Waals surface area contributed by atoms with E-state index in [9.17, 15) is 4.79 Å². The van der Waals surface area contributed by atoms with E-state index in [-0.39, 0.29) is 18.5 Å². The van der Waals surface area contributed by atoms with E-state index in [0.29, 0.717) is 11.5 Å². The van der Waals surface area contributed by atoms with Crippen molar-refractivity contribution in [3.8, 4) is 11.5 Å². The van der Waals surface area contributed by atoms with Crippen LogP contribution >= 0.6 is 0 Å². The number of amides is 1. The van der Waals surface area contributed by atoms with E-state index < -0.39 is 0 Å². The third kappa shape index (κ3) is 4.53. The summed E-state index contributed by atoms with van der Waals surface area (Å²) in [6.45, 7) is 4.06. The average Bonchev–Trinajstić information content (AvgIpc) is 2.35. The molecule has 0 aromatic heterocycles. The van der Waals surface area contributed by atoms with Crippen molar-refractivity contribution >= 4 is 11.6 Å². The van der Waals surface area contributed by atoms with Crippen LogP contribution in [0.1, 0.15) is 13.8 Å². The van der Waals surface area contributed by atoms with Crippen LogP contribution in [0.25, 0.3) is 0 Å². The first-order valence-corrected chi connectivity index (χ1v) is 5.81. The Bertz CT molecular complexity index is 383. The molecule has 0 unspecified atom stereocenters. The van der Waals surface area contributed by atoms with Crippen LogP contribution in [-0.2, 0) is 4.79 Å². The van der Waals surface area contributed by atoms with Crippen LogP contribution < -0.4 is 20.1 Å². The van der Waals surface area contributed by atoms with Crippen molar-refractivity contribution in [2.75, 3.05) is 26.1 Å². The number of carbonyl (C=O) groups is 1. The molecule has 100 valence electrons. The predicted molar refractivity (Wildman–Crippen MR) is 71.3 cm³/mol. The summed E-state index contributed by atoms with van der Waals surface area (Å²) in [7, 11) is 3.17. The molecule has 0 radical (unpaired) electrons. The first kappa shape index (κ1) is 14.2. The summed E-state index contributed by atoms with van der Waals surface area (Å²) in [5.41, 5.74) is 0.783. The highest BCUT2D eigenvalue weighted by Crippen LogP contribution is 2.25. The molecule has 0 aliphatic heterocycles. The molecule has 5 heteroatoms. The molecule has 1 aromatic rings. The smallest absolute Gasteiger partial charge is 0.239 e.